The molecule has 1 aliphatic rings. The molecule has 1 fully saturated rings. The first-order chi connectivity index (χ1) is 9.69. The summed E-state index contributed by atoms with van der Waals surface area (Å²) in [5.74, 6) is 0.658. The van der Waals surface area contributed by atoms with Crippen molar-refractivity contribution >= 4 is 11.8 Å². The largest absolute Gasteiger partial charge is 0.483 e. The molecule has 1 amide bonds. The molecule has 1 aromatic carbocycles. The molecule has 1 atom stereocenters. The van der Waals surface area contributed by atoms with Crippen molar-refractivity contribution < 1.29 is 14.3 Å². The maximum absolute atomic E-state index is 12.1. The molecule has 5 heteroatoms. The van der Waals surface area contributed by atoms with E-state index in [1.54, 1.807) is 11.0 Å². The summed E-state index contributed by atoms with van der Waals surface area (Å²) < 4.78 is 11.4. The van der Waals surface area contributed by atoms with Gasteiger partial charge in [0.05, 0.1) is 12.2 Å². The van der Waals surface area contributed by atoms with Crippen molar-refractivity contribution in [3.8, 4) is 5.75 Å². The second kappa shape index (κ2) is 5.47. The van der Waals surface area contributed by atoms with Gasteiger partial charge < -0.3 is 20.1 Å². The molecular weight excluding hydrogens is 268 g/mol. The highest BCUT2D eigenvalue weighted by atomic mass is 16.6. The van der Waals surface area contributed by atoms with Crippen LogP contribution in [-0.4, -0.2) is 35.3 Å². The summed E-state index contributed by atoms with van der Waals surface area (Å²) in [4.78, 5) is 13.8. The van der Waals surface area contributed by atoms with Gasteiger partial charge in [-0.05, 0) is 39.8 Å². The van der Waals surface area contributed by atoms with Gasteiger partial charge in [0.25, 0.3) is 0 Å². The number of amides is 1. The first-order valence-corrected chi connectivity index (χ1v) is 7.20. The van der Waals surface area contributed by atoms with Crippen LogP contribution in [-0.2, 0) is 4.74 Å². The number of ether oxygens (including phenoxy) is 2. The van der Waals surface area contributed by atoms with E-state index in [4.69, 9.17) is 15.2 Å². The number of rotatable bonds is 2. The highest BCUT2D eigenvalue weighted by molar-refractivity contribution is 5.68. The molecule has 0 aromatic heterocycles. The van der Waals surface area contributed by atoms with Crippen molar-refractivity contribution in [2.45, 2.75) is 45.3 Å². The van der Waals surface area contributed by atoms with Crippen molar-refractivity contribution in [3.63, 3.8) is 0 Å². The molecule has 5 nitrogen and oxygen atoms in total. The summed E-state index contributed by atoms with van der Waals surface area (Å²) >= 11 is 0. The van der Waals surface area contributed by atoms with Crippen molar-refractivity contribution in [1.82, 2.24) is 4.90 Å². The molecule has 0 radical (unpaired) electrons. The minimum absolute atomic E-state index is 0.296. The lowest BCUT2D eigenvalue weighted by atomic mass is 10.1. The van der Waals surface area contributed by atoms with Crippen LogP contribution in [0.25, 0.3) is 0 Å². The topological polar surface area (TPSA) is 64.8 Å². The Morgan fingerprint density at radius 2 is 2.00 bits per heavy atom. The quantitative estimate of drug-likeness (QED) is 0.851. The van der Waals surface area contributed by atoms with Gasteiger partial charge >= 0.3 is 6.09 Å². The number of carbonyl (C=O) groups is 1. The van der Waals surface area contributed by atoms with E-state index in [0.717, 1.165) is 6.42 Å². The van der Waals surface area contributed by atoms with Gasteiger partial charge in [-0.3, -0.25) is 0 Å². The number of benzene rings is 1. The van der Waals surface area contributed by atoms with Gasteiger partial charge in [-0.1, -0.05) is 12.1 Å². The normalized spacial score (nSPS) is 22.2. The molecule has 1 aliphatic heterocycles. The number of carbonyl (C=O) groups excluding carboxylic acids is 1. The van der Waals surface area contributed by atoms with E-state index in [2.05, 4.69) is 0 Å². The minimum Gasteiger partial charge on any atom is -0.483 e. The number of nitrogens with two attached hydrogens (primary N) is 1. The Bertz CT molecular complexity index is 524. The molecule has 1 heterocycles. The molecule has 21 heavy (non-hydrogen) atoms. The molecule has 0 bridgehead atoms. The summed E-state index contributed by atoms with van der Waals surface area (Å²) in [6, 6.07) is 7.40. The average Bonchev–Trinajstić information content (AvgIpc) is 2.73. The summed E-state index contributed by atoms with van der Waals surface area (Å²) in [6.07, 6.45) is 0.455. The van der Waals surface area contributed by atoms with Crippen LogP contribution < -0.4 is 10.5 Å². The molecule has 2 rings (SSSR count). The Labute approximate surface area is 126 Å². The molecule has 116 valence electrons. The highest BCUT2D eigenvalue weighted by Gasteiger charge is 2.39. The number of para-hydroxylation sites is 2. The van der Waals surface area contributed by atoms with Gasteiger partial charge in [0, 0.05) is 13.0 Å². The Kier molecular flexibility index (Phi) is 4.03. The summed E-state index contributed by atoms with van der Waals surface area (Å²) in [6.45, 7) is 8.70. The lowest BCUT2D eigenvalue weighted by molar-refractivity contribution is 0.0229. The summed E-state index contributed by atoms with van der Waals surface area (Å²) in [7, 11) is 0. The van der Waals surface area contributed by atoms with Crippen molar-refractivity contribution in [1.29, 1.82) is 0 Å². The van der Waals surface area contributed by atoms with Gasteiger partial charge in [-0.2, -0.15) is 0 Å². The van der Waals surface area contributed by atoms with E-state index < -0.39 is 11.2 Å². The Morgan fingerprint density at radius 3 is 2.62 bits per heavy atom. The highest BCUT2D eigenvalue weighted by Crippen LogP contribution is 2.31. The molecule has 0 saturated carbocycles. The van der Waals surface area contributed by atoms with Crippen LogP contribution in [0.5, 0.6) is 5.75 Å². The number of likely N-dealkylation sites (tertiary alicyclic amines) is 1. The third-order valence-corrected chi connectivity index (χ3v) is 3.36. The SMILES string of the molecule is CC(C)(C)OC(=O)N1CCC(C)(Oc2ccccc2N)C1. The molecule has 0 spiro atoms. The minimum atomic E-state index is -0.485. The van der Waals surface area contributed by atoms with Crippen LogP contribution in [0, 0.1) is 0 Å². The molecule has 1 aromatic rings. The Balaban J connectivity index is 2.00. The first kappa shape index (κ1) is 15.5. The van der Waals surface area contributed by atoms with Gasteiger partial charge in [0.2, 0.25) is 0 Å². The van der Waals surface area contributed by atoms with Crippen LogP contribution in [0.3, 0.4) is 0 Å². The average molecular weight is 292 g/mol. The van der Waals surface area contributed by atoms with Crippen LogP contribution in [0.15, 0.2) is 24.3 Å². The van der Waals surface area contributed by atoms with Gasteiger partial charge in [0.1, 0.15) is 17.0 Å². The number of nitrogen functional groups attached to an aromatic ring is 1. The van der Waals surface area contributed by atoms with Crippen molar-refractivity contribution in [2.75, 3.05) is 18.8 Å². The van der Waals surface area contributed by atoms with Gasteiger partial charge in [-0.25, -0.2) is 4.79 Å². The maximum atomic E-state index is 12.1. The molecule has 2 N–H and O–H groups in total. The number of nitrogens with zero attached hydrogens (tertiary/aromatic N) is 1. The fraction of sp³-hybridized carbons (Fsp3) is 0.562. The van der Waals surface area contributed by atoms with Crippen LogP contribution >= 0.6 is 0 Å². The monoisotopic (exact) mass is 292 g/mol. The number of anilines is 1. The smallest absolute Gasteiger partial charge is 0.410 e. The third kappa shape index (κ3) is 4.03. The van der Waals surface area contributed by atoms with Crippen molar-refractivity contribution in [2.24, 2.45) is 0 Å². The van der Waals surface area contributed by atoms with Crippen LogP contribution in [0.2, 0.25) is 0 Å². The number of hydrogen-bond acceptors (Lipinski definition) is 4. The van der Waals surface area contributed by atoms with E-state index in [9.17, 15) is 4.79 Å². The lowest BCUT2D eigenvalue weighted by Crippen LogP contribution is -2.40. The zero-order valence-electron chi connectivity index (χ0n) is 13.2. The summed E-state index contributed by atoms with van der Waals surface area (Å²) in [5.41, 5.74) is 5.59. The maximum Gasteiger partial charge on any atom is 0.410 e. The molecule has 0 aliphatic carbocycles. The lowest BCUT2D eigenvalue weighted by Gasteiger charge is -2.28. The van der Waals surface area contributed by atoms with Gasteiger partial charge in [-0.15, -0.1) is 0 Å². The third-order valence-electron chi connectivity index (χ3n) is 3.36. The molecule has 1 saturated heterocycles. The predicted molar refractivity (Wildman–Crippen MR) is 82.3 cm³/mol. The molecular formula is C16H24N2O3. The van der Waals surface area contributed by atoms with E-state index in [1.165, 1.54) is 0 Å². The Hall–Kier alpha value is -1.91. The standard InChI is InChI=1S/C16H24N2O3/c1-15(2,3)21-14(19)18-10-9-16(4,11-18)20-13-8-6-5-7-12(13)17/h5-8H,9-11,17H2,1-4H3. The predicted octanol–water partition coefficient (Wildman–Crippen LogP) is 3.05. The van der Waals surface area contributed by atoms with E-state index in [-0.39, 0.29) is 6.09 Å². The zero-order chi connectivity index (χ0) is 15.7. The van der Waals surface area contributed by atoms with E-state index in [1.807, 2.05) is 45.9 Å². The van der Waals surface area contributed by atoms with Crippen LogP contribution in [0.1, 0.15) is 34.1 Å². The second-order valence-electron chi connectivity index (χ2n) is 6.74. The van der Waals surface area contributed by atoms with Crippen LogP contribution in [0.4, 0.5) is 10.5 Å². The Morgan fingerprint density at radius 1 is 1.33 bits per heavy atom. The van der Waals surface area contributed by atoms with Gasteiger partial charge in [0.15, 0.2) is 0 Å². The van der Waals surface area contributed by atoms with Crippen molar-refractivity contribution in [3.05, 3.63) is 24.3 Å². The zero-order valence-corrected chi connectivity index (χ0v) is 13.2. The van der Waals surface area contributed by atoms with E-state index >= 15 is 0 Å². The fourth-order valence-electron chi connectivity index (χ4n) is 2.34. The first-order valence-electron chi connectivity index (χ1n) is 7.20. The number of hydrogen-bond donors (Lipinski definition) is 1. The molecule has 1 unspecified atom stereocenters. The fourth-order valence-corrected chi connectivity index (χ4v) is 2.34. The van der Waals surface area contributed by atoms with E-state index in [0.29, 0.717) is 24.5 Å². The summed E-state index contributed by atoms with van der Waals surface area (Å²) in [5, 5.41) is 0. The second-order valence-corrected chi connectivity index (χ2v) is 6.74.